The smallest absolute Gasteiger partial charge is 0.242 e. The molecule has 1 aromatic heterocycles. The van der Waals surface area contributed by atoms with Crippen molar-refractivity contribution in [1.29, 1.82) is 0 Å². The van der Waals surface area contributed by atoms with Gasteiger partial charge in [0.2, 0.25) is 23.6 Å². The van der Waals surface area contributed by atoms with Gasteiger partial charge in [-0.15, -0.1) is 0 Å². The summed E-state index contributed by atoms with van der Waals surface area (Å²) in [5, 5.41) is 12.2. The lowest BCUT2D eigenvalue weighted by Crippen LogP contribution is -2.52. The molecule has 0 bridgehead atoms. The number of allylic oxidation sites excluding steroid dienone is 2. The van der Waals surface area contributed by atoms with E-state index in [9.17, 15) is 19.2 Å². The summed E-state index contributed by atoms with van der Waals surface area (Å²) >= 11 is 1.64. The number of hydrogen-bond donors (Lipinski definition) is 4. The number of rotatable bonds is 24. The molecule has 0 aliphatic carbocycles. The van der Waals surface area contributed by atoms with Crippen molar-refractivity contribution in [3.63, 3.8) is 0 Å². The first-order chi connectivity index (χ1) is 23.6. The molecule has 0 saturated heterocycles. The van der Waals surface area contributed by atoms with Crippen LogP contribution < -0.4 is 21.3 Å². The molecule has 1 rings (SSSR count). The van der Waals surface area contributed by atoms with Crippen molar-refractivity contribution in [2.24, 2.45) is 34.6 Å². The van der Waals surface area contributed by atoms with Gasteiger partial charge in [-0.05, 0) is 107 Å². The second kappa shape index (κ2) is 24.2. The summed E-state index contributed by atoms with van der Waals surface area (Å²) in [5.74, 6) is 0.634. The summed E-state index contributed by atoms with van der Waals surface area (Å²) in [4.78, 5) is 57.7. The molecule has 0 aromatic carbocycles. The van der Waals surface area contributed by atoms with Crippen LogP contribution in [-0.4, -0.2) is 66.5 Å². The molecule has 4 amide bonds. The highest BCUT2D eigenvalue weighted by atomic mass is 32.2. The first-order valence-corrected chi connectivity index (χ1v) is 19.8. The van der Waals surface area contributed by atoms with Gasteiger partial charge in [0.1, 0.15) is 17.8 Å². The zero-order valence-corrected chi connectivity index (χ0v) is 33.5. The van der Waals surface area contributed by atoms with Crippen molar-refractivity contribution >= 4 is 41.1 Å². The third kappa shape index (κ3) is 18.2. The molecule has 1 heterocycles. The number of furan rings is 1. The van der Waals surface area contributed by atoms with Crippen LogP contribution in [0, 0.1) is 29.6 Å². The maximum atomic E-state index is 13.8. The van der Waals surface area contributed by atoms with E-state index in [1.807, 2.05) is 53.9 Å². The average molecular weight is 728 g/mol. The van der Waals surface area contributed by atoms with Crippen LogP contribution in [0.5, 0.6) is 0 Å². The van der Waals surface area contributed by atoms with Crippen LogP contribution in [0.4, 0.5) is 0 Å². The standard InChI is InChI=1S/C39H67N5O5S.5H2/c1-25(2)14-17-33(42-39(48)34(18-20-50-11)43-36(45)28(6)16-15-27(5)22-31(9)40-10)29(7)23-30(8)37(46)44-35(21-26(3)4)38(47)41-24-32-13-12-19-49-32;;;;;/h12-13,19,22,25-26,28-30,33-35H,14-18,20-21,23-24H2,1-11H3,(H,41,47)(H,42,48)(H,43,45)(H,44,46);5*1H/b27-22-,40-31?;;;;;/t28?,29-,30+,33?,34-,35-;;;;;/m0...../s1. The van der Waals surface area contributed by atoms with Crippen molar-refractivity contribution in [2.75, 3.05) is 19.1 Å². The van der Waals surface area contributed by atoms with E-state index in [4.69, 9.17) is 4.42 Å². The van der Waals surface area contributed by atoms with Gasteiger partial charge in [0.05, 0.1) is 12.8 Å². The highest BCUT2D eigenvalue weighted by Gasteiger charge is 2.30. The quantitative estimate of drug-likeness (QED) is 0.0797. The van der Waals surface area contributed by atoms with E-state index in [1.165, 1.54) is 0 Å². The molecule has 4 N–H and O–H groups in total. The van der Waals surface area contributed by atoms with Crippen LogP contribution in [0.15, 0.2) is 39.5 Å². The highest BCUT2D eigenvalue weighted by Crippen LogP contribution is 2.22. The lowest BCUT2D eigenvalue weighted by Gasteiger charge is -2.30. The molecule has 1 aromatic rings. The monoisotopic (exact) mass is 728 g/mol. The van der Waals surface area contributed by atoms with Gasteiger partial charge in [0, 0.05) is 37.8 Å². The van der Waals surface area contributed by atoms with Crippen LogP contribution in [0.25, 0.3) is 0 Å². The van der Waals surface area contributed by atoms with E-state index in [2.05, 4.69) is 47.0 Å². The fourth-order valence-electron chi connectivity index (χ4n) is 5.74. The normalized spacial score (nSPS) is 15.9. The van der Waals surface area contributed by atoms with Crippen LogP contribution in [-0.2, 0) is 25.7 Å². The van der Waals surface area contributed by atoms with Crippen LogP contribution in [0.2, 0.25) is 0 Å². The number of carbonyl (C=O) groups is 4. The van der Waals surface area contributed by atoms with Gasteiger partial charge in [-0.3, -0.25) is 24.2 Å². The number of nitrogens with zero attached hydrogens (tertiary/aromatic N) is 1. The van der Waals surface area contributed by atoms with Gasteiger partial charge in [0.15, 0.2) is 0 Å². The molecule has 11 heteroatoms. The second-order valence-electron chi connectivity index (χ2n) is 14.8. The molecule has 10 nitrogen and oxygen atoms in total. The average Bonchev–Trinajstić information content (AvgIpc) is 3.58. The number of aliphatic imine (C=N–C) groups is 1. The van der Waals surface area contributed by atoms with Crippen LogP contribution >= 0.6 is 11.8 Å². The van der Waals surface area contributed by atoms with E-state index in [0.717, 1.165) is 36.3 Å². The molecule has 50 heavy (non-hydrogen) atoms. The largest absolute Gasteiger partial charge is 0.467 e. The zero-order valence-electron chi connectivity index (χ0n) is 32.7. The summed E-state index contributed by atoms with van der Waals surface area (Å²) in [6.07, 6.45) is 10.3. The van der Waals surface area contributed by atoms with E-state index < -0.39 is 12.1 Å². The molecule has 0 saturated carbocycles. The fourth-order valence-corrected chi connectivity index (χ4v) is 6.21. The second-order valence-corrected chi connectivity index (χ2v) is 15.8. The summed E-state index contributed by atoms with van der Waals surface area (Å²) < 4.78 is 5.33. The predicted octanol–water partition coefficient (Wildman–Crippen LogP) is 7.93. The third-order valence-corrected chi connectivity index (χ3v) is 9.71. The lowest BCUT2D eigenvalue weighted by molar-refractivity contribution is -0.132. The van der Waals surface area contributed by atoms with E-state index >= 15 is 0 Å². The van der Waals surface area contributed by atoms with Crippen molar-refractivity contribution < 1.29 is 30.7 Å². The maximum absolute atomic E-state index is 13.8. The Morgan fingerprint density at radius 2 is 1.48 bits per heavy atom. The Labute approximate surface area is 314 Å². The zero-order chi connectivity index (χ0) is 37.8. The molecule has 6 atom stereocenters. The predicted molar refractivity (Wildman–Crippen MR) is 218 cm³/mol. The maximum Gasteiger partial charge on any atom is 0.242 e. The number of thioether (sulfide) groups is 1. The van der Waals surface area contributed by atoms with Gasteiger partial charge in [-0.1, -0.05) is 54.0 Å². The Kier molecular flexibility index (Phi) is 21.7. The third-order valence-electron chi connectivity index (χ3n) is 9.07. The van der Waals surface area contributed by atoms with E-state index in [-0.39, 0.29) is 67.0 Å². The Morgan fingerprint density at radius 3 is 2.06 bits per heavy atom. The van der Waals surface area contributed by atoms with Gasteiger partial charge >= 0.3 is 0 Å². The molecule has 0 spiro atoms. The summed E-state index contributed by atoms with van der Waals surface area (Å²) in [6, 6.07) is 2.08. The topological polar surface area (TPSA) is 142 Å². The SMILES string of the molecule is CN=C(C)/C=C(/C)CCC(C)C(=O)N[C@@H](CCSC)C(=O)NC(CCC(C)C)[C@@H](C)C[C@@H](C)C(=O)N[C@@H](CC(C)C)C(=O)NCc1ccco1.[HH].[HH].[HH].[HH].[HH]. The summed E-state index contributed by atoms with van der Waals surface area (Å²) in [5.41, 5.74) is 2.11. The lowest BCUT2D eigenvalue weighted by atomic mass is 9.86. The molecular formula is C39H77N5O5S. The minimum atomic E-state index is -0.663. The number of carbonyl (C=O) groups excluding carboxylic acids is 4. The van der Waals surface area contributed by atoms with Crippen LogP contribution in [0.1, 0.15) is 120 Å². The van der Waals surface area contributed by atoms with Crippen LogP contribution in [0.3, 0.4) is 0 Å². The number of amides is 4. The molecular weight excluding hydrogens is 651 g/mol. The molecule has 0 aliphatic heterocycles. The van der Waals surface area contributed by atoms with E-state index in [0.29, 0.717) is 37.4 Å². The summed E-state index contributed by atoms with van der Waals surface area (Å²) in [7, 11) is 1.76. The summed E-state index contributed by atoms with van der Waals surface area (Å²) in [6.45, 7) is 18.4. The Bertz CT molecular complexity index is 1250. The number of hydrogen-bond acceptors (Lipinski definition) is 7. The Balaban J connectivity index is -0.00000167. The first-order valence-electron chi connectivity index (χ1n) is 18.4. The fraction of sp³-hybridized carbons (Fsp3) is 0.718. The minimum absolute atomic E-state index is 0. The van der Waals surface area contributed by atoms with Gasteiger partial charge in [0.25, 0.3) is 0 Å². The van der Waals surface area contributed by atoms with Gasteiger partial charge in [-0.2, -0.15) is 11.8 Å². The van der Waals surface area contributed by atoms with Gasteiger partial charge in [-0.25, -0.2) is 0 Å². The molecule has 0 fully saturated rings. The Morgan fingerprint density at radius 1 is 0.820 bits per heavy atom. The highest BCUT2D eigenvalue weighted by molar-refractivity contribution is 7.98. The van der Waals surface area contributed by atoms with Gasteiger partial charge < -0.3 is 25.7 Å². The molecule has 0 radical (unpaired) electrons. The van der Waals surface area contributed by atoms with Crippen molar-refractivity contribution in [3.8, 4) is 0 Å². The molecule has 294 valence electrons. The van der Waals surface area contributed by atoms with Crippen molar-refractivity contribution in [3.05, 3.63) is 35.8 Å². The Hall–Kier alpha value is -3.08. The molecule has 2 unspecified atom stereocenters. The van der Waals surface area contributed by atoms with Crippen molar-refractivity contribution in [2.45, 2.75) is 132 Å². The first kappa shape index (κ1) is 44.9. The minimum Gasteiger partial charge on any atom is -0.467 e. The molecule has 0 aliphatic rings. The van der Waals surface area contributed by atoms with Crippen molar-refractivity contribution in [1.82, 2.24) is 21.3 Å². The number of nitrogens with one attached hydrogen (secondary N) is 4. The van der Waals surface area contributed by atoms with E-state index in [1.54, 1.807) is 37.2 Å².